The minimum atomic E-state index is -4.80. The van der Waals surface area contributed by atoms with E-state index in [9.17, 15) is 0 Å². The van der Waals surface area contributed by atoms with Gasteiger partial charge in [-0.25, -0.2) is 0 Å². The van der Waals surface area contributed by atoms with Crippen LogP contribution < -0.4 is 21.4 Å². The van der Waals surface area contributed by atoms with E-state index in [1.807, 2.05) is 0 Å². The molecule has 58 heavy (non-hydrogen) atoms. The van der Waals surface area contributed by atoms with E-state index in [-0.39, 0.29) is 10.1 Å². The van der Waals surface area contributed by atoms with E-state index >= 15 is 0 Å². The van der Waals surface area contributed by atoms with Gasteiger partial charge in [0.25, 0.3) is 0 Å². The number of hydrogen-bond acceptors (Lipinski definition) is 3. The molecule has 9 heteroatoms. The Kier molecular flexibility index (Phi) is 7.82. The SMILES string of the molecule is CC(C)(C)[Si](C)(C)OP12(O[Si](C)(C)C(C)(C)C)n3c4ccc3C(c3ccccc3)=c3ccc(n31)=C(c1ccccc1)C1=NC(=c3ccc(n32)=C4c2ccccc2)C=C1. The zero-order valence-corrected chi connectivity index (χ0v) is 38.2. The fraction of sp³-hybridized carbons (Fsp3) is 0.245. The molecule has 6 aromatic rings. The van der Waals surface area contributed by atoms with Crippen LogP contribution in [0.3, 0.4) is 0 Å². The number of fused-ring (bicyclic) bond motifs is 1. The molecule has 0 N–H and O–H groups in total. The molecule has 0 atom stereocenters. The molecule has 0 unspecified atom stereocenters. The van der Waals surface area contributed by atoms with E-state index in [4.69, 9.17) is 13.4 Å². The number of rotatable bonds is 7. The van der Waals surface area contributed by atoms with Crippen LogP contribution in [0.25, 0.3) is 22.4 Å². The van der Waals surface area contributed by atoms with Crippen LogP contribution in [0.2, 0.25) is 36.3 Å². The average molecular weight is 817 g/mol. The van der Waals surface area contributed by atoms with Crippen LogP contribution in [-0.2, 0) is 8.43 Å². The fourth-order valence-electron chi connectivity index (χ4n) is 8.88. The summed E-state index contributed by atoms with van der Waals surface area (Å²) in [6.07, 6.45) is 4.40. The summed E-state index contributed by atoms with van der Waals surface area (Å²) in [4.78, 5) is 5.57. The van der Waals surface area contributed by atoms with Crippen molar-refractivity contribution < 1.29 is 8.43 Å². The Morgan fingerprint density at radius 1 is 0.448 bits per heavy atom. The summed E-state index contributed by atoms with van der Waals surface area (Å²) in [6.45, 7) is 23.8. The van der Waals surface area contributed by atoms with E-state index in [2.05, 4.69) is 220 Å². The predicted molar refractivity (Wildman–Crippen MR) is 247 cm³/mol. The van der Waals surface area contributed by atoms with Crippen molar-refractivity contribution in [2.24, 2.45) is 4.99 Å². The molecular formula is C49H53N4O2PSi2. The van der Waals surface area contributed by atoms with Gasteiger partial charge >= 0.3 is 346 Å². The summed E-state index contributed by atoms with van der Waals surface area (Å²) in [5.41, 5.74) is 10.8. The molecule has 0 amide bonds. The van der Waals surface area contributed by atoms with Gasteiger partial charge < -0.3 is 0 Å². The number of benzene rings is 3. The van der Waals surface area contributed by atoms with Gasteiger partial charge in [-0.2, -0.15) is 0 Å². The van der Waals surface area contributed by atoms with Crippen molar-refractivity contribution in [1.29, 1.82) is 0 Å². The van der Waals surface area contributed by atoms with Crippen molar-refractivity contribution >= 4 is 52.3 Å². The molecular weight excluding hydrogens is 764 g/mol. The van der Waals surface area contributed by atoms with E-state index in [0.29, 0.717) is 0 Å². The molecule has 4 aliphatic heterocycles. The first-order chi connectivity index (χ1) is 27.5. The summed E-state index contributed by atoms with van der Waals surface area (Å²) in [6, 6.07) is 46.5. The normalized spacial score (nSPS) is 18.2. The van der Waals surface area contributed by atoms with Gasteiger partial charge in [-0.15, -0.1) is 0 Å². The number of allylic oxidation sites excluding steroid dienone is 1. The molecule has 294 valence electrons. The van der Waals surface area contributed by atoms with E-state index in [1.54, 1.807) is 0 Å². The zero-order valence-electron chi connectivity index (χ0n) is 35.3. The van der Waals surface area contributed by atoms with E-state index in [0.717, 1.165) is 77.6 Å². The molecule has 0 spiro atoms. The Bertz CT molecular complexity index is 3000. The van der Waals surface area contributed by atoms with Gasteiger partial charge in [0.05, 0.1) is 0 Å². The van der Waals surface area contributed by atoms with Gasteiger partial charge in [0.1, 0.15) is 0 Å². The fourth-order valence-corrected chi connectivity index (χ4v) is 23.7. The topological polar surface area (TPSA) is 45.6 Å². The molecule has 6 nitrogen and oxygen atoms in total. The van der Waals surface area contributed by atoms with Crippen molar-refractivity contribution in [3.8, 4) is 0 Å². The number of hydrogen-bond donors (Lipinski definition) is 0. The van der Waals surface area contributed by atoms with E-state index in [1.165, 1.54) is 0 Å². The third-order valence-corrected chi connectivity index (χ3v) is 30.4. The Hall–Kier alpha value is -4.83. The van der Waals surface area contributed by atoms with Crippen molar-refractivity contribution in [2.45, 2.75) is 77.8 Å². The molecule has 0 aliphatic carbocycles. The Morgan fingerprint density at radius 2 is 0.828 bits per heavy atom. The summed E-state index contributed by atoms with van der Waals surface area (Å²) in [5.74, 6) is 0. The van der Waals surface area contributed by atoms with Crippen LogP contribution in [-0.4, -0.2) is 35.4 Å². The maximum absolute atomic E-state index is 8.80. The van der Waals surface area contributed by atoms with Crippen LogP contribution in [0.1, 0.15) is 69.6 Å². The van der Waals surface area contributed by atoms with Crippen molar-refractivity contribution in [3.63, 3.8) is 0 Å². The average Bonchev–Trinajstić information content (AvgIpc) is 4.00. The van der Waals surface area contributed by atoms with Gasteiger partial charge in [0.15, 0.2) is 0 Å². The molecule has 7 heterocycles. The third-order valence-electron chi connectivity index (χ3n) is 13.6. The Labute approximate surface area is 344 Å². The zero-order chi connectivity index (χ0) is 40.6. The van der Waals surface area contributed by atoms with Crippen LogP contribution in [0, 0.1) is 0 Å². The summed E-state index contributed by atoms with van der Waals surface area (Å²) in [7, 11) is -10.4. The molecule has 3 aromatic carbocycles. The predicted octanol–water partition coefficient (Wildman–Crippen LogP) is 9.66. The summed E-state index contributed by atoms with van der Waals surface area (Å²) in [5, 5.41) is 3.86. The molecule has 2 bridgehead atoms. The number of aromatic nitrogens is 3. The molecule has 10 rings (SSSR count). The summed E-state index contributed by atoms with van der Waals surface area (Å²) < 4.78 is 25.4. The first-order valence-corrected chi connectivity index (χ1v) is 28.3. The Morgan fingerprint density at radius 3 is 1.26 bits per heavy atom. The molecule has 3 aromatic heterocycles. The molecule has 0 saturated heterocycles. The monoisotopic (exact) mass is 816 g/mol. The second-order valence-corrected chi connectivity index (χ2v) is 32.6. The van der Waals surface area contributed by atoms with Gasteiger partial charge in [-0.05, 0) is 0 Å². The van der Waals surface area contributed by atoms with Crippen molar-refractivity contribution in [3.05, 3.63) is 189 Å². The van der Waals surface area contributed by atoms with E-state index < -0.39 is 24.1 Å². The molecule has 0 radical (unpaired) electrons. The number of aliphatic imine (C=N–C) groups is 1. The first kappa shape index (κ1) is 37.4. The molecule has 0 fully saturated rings. The van der Waals surface area contributed by atoms with Crippen LogP contribution in [0.5, 0.6) is 0 Å². The second kappa shape index (κ2) is 12.1. The molecule has 4 aliphatic rings. The number of nitrogens with zero attached hydrogens (tertiary/aromatic N) is 4. The summed E-state index contributed by atoms with van der Waals surface area (Å²) >= 11 is 0. The Balaban J connectivity index is 1.61. The first-order valence-electron chi connectivity index (χ1n) is 20.5. The molecule has 0 saturated carbocycles. The maximum atomic E-state index is 8.80. The third kappa shape index (κ3) is 4.84. The van der Waals surface area contributed by atoms with Gasteiger partial charge in [-0.3, -0.25) is 0 Å². The van der Waals surface area contributed by atoms with Crippen molar-refractivity contribution in [1.82, 2.24) is 13.0 Å². The van der Waals surface area contributed by atoms with Gasteiger partial charge in [-0.1, -0.05) is 0 Å². The van der Waals surface area contributed by atoms with Crippen LogP contribution in [0.4, 0.5) is 0 Å². The van der Waals surface area contributed by atoms with Gasteiger partial charge in [0, 0.05) is 0 Å². The standard InChI is InChI=1S/C49H53N4O2PSi2/c1-48(2,3)57(7,8)54-56(55-58(9,10)49(4,5)6)51-39-28-29-41(51)46(35-22-16-12-17-23-35)43-32-33-44(53(43)56)47(36-24-18-13-19-25-36)42-31-30-40(52(42)56)45(34-20-14-11-15-21-34)38-27-26-37(39)50-38/h11-33H,1-10H3. The van der Waals surface area contributed by atoms with Crippen LogP contribution in [0.15, 0.2) is 145 Å². The van der Waals surface area contributed by atoms with Gasteiger partial charge in [0.2, 0.25) is 0 Å². The minimum absolute atomic E-state index is 0.172. The van der Waals surface area contributed by atoms with Crippen molar-refractivity contribution in [2.75, 3.05) is 0 Å². The quantitative estimate of drug-likeness (QED) is 0.119. The second-order valence-electron chi connectivity index (χ2n) is 19.2. The van der Waals surface area contributed by atoms with Crippen LogP contribution >= 0.6 is 7.51 Å².